The molecule has 0 saturated heterocycles. The monoisotopic (exact) mass is 166 g/mol. The summed E-state index contributed by atoms with van der Waals surface area (Å²) < 4.78 is 0.292. The van der Waals surface area contributed by atoms with Gasteiger partial charge >= 0.3 is 83.2 Å². The Labute approximate surface area is 83.3 Å². The SMILES string of the molecule is [Li][C](P)(C(C)(C)C)C(C)(C)C. The zero-order chi connectivity index (χ0) is 9.50. The molecular formula is C9H20LiP. The fourth-order valence-corrected chi connectivity index (χ4v) is 1.12. The minimum absolute atomic E-state index is 0.292. The molecule has 0 radical (unpaired) electrons. The molecule has 0 aromatic heterocycles. The van der Waals surface area contributed by atoms with Crippen LogP contribution in [-0.2, 0) is 0 Å². The van der Waals surface area contributed by atoms with E-state index >= 15 is 0 Å². The predicted molar refractivity (Wildman–Crippen MR) is 57.1 cm³/mol. The van der Waals surface area contributed by atoms with E-state index in [1.807, 2.05) is 0 Å². The molecule has 0 aliphatic carbocycles. The molecule has 1 atom stereocenters. The van der Waals surface area contributed by atoms with Crippen LogP contribution in [0.3, 0.4) is 0 Å². The Hall–Kier alpha value is 1.03. The summed E-state index contributed by atoms with van der Waals surface area (Å²) in [5, 5.41) is 0. The molecule has 0 aromatic rings. The van der Waals surface area contributed by atoms with E-state index in [1.165, 1.54) is 0 Å². The molecule has 0 spiro atoms. The molecule has 0 amide bonds. The fraction of sp³-hybridized carbons (Fsp3) is 1.00. The summed E-state index contributed by atoms with van der Waals surface area (Å²) in [7, 11) is 3.01. The number of hydrogen-bond acceptors (Lipinski definition) is 0. The van der Waals surface area contributed by atoms with Gasteiger partial charge in [-0.3, -0.25) is 0 Å². The van der Waals surface area contributed by atoms with Gasteiger partial charge in [0.15, 0.2) is 0 Å². The van der Waals surface area contributed by atoms with Gasteiger partial charge in [-0.1, -0.05) is 0 Å². The van der Waals surface area contributed by atoms with Crippen molar-refractivity contribution >= 4 is 27.0 Å². The predicted octanol–water partition coefficient (Wildman–Crippen LogP) is 2.82. The van der Waals surface area contributed by atoms with Gasteiger partial charge in [0.05, 0.1) is 0 Å². The molecule has 2 heteroatoms. The van der Waals surface area contributed by atoms with Gasteiger partial charge in [0, 0.05) is 0 Å². The summed E-state index contributed by atoms with van der Waals surface area (Å²) in [4.78, 5) is 0. The molecule has 0 N–H and O–H groups in total. The second-order valence-corrected chi connectivity index (χ2v) is 6.86. The molecule has 0 heterocycles. The Bertz CT molecular complexity index is 121. The van der Waals surface area contributed by atoms with Gasteiger partial charge < -0.3 is 0 Å². The van der Waals surface area contributed by atoms with Gasteiger partial charge in [0.25, 0.3) is 0 Å². The first-order chi connectivity index (χ1) is 4.50. The van der Waals surface area contributed by atoms with E-state index in [0.29, 0.717) is 14.7 Å². The zero-order valence-electron chi connectivity index (χ0n) is 9.08. The van der Waals surface area contributed by atoms with Gasteiger partial charge in [-0.05, 0) is 0 Å². The molecule has 62 valence electrons. The van der Waals surface area contributed by atoms with Gasteiger partial charge in [-0.25, -0.2) is 0 Å². The van der Waals surface area contributed by atoms with Crippen molar-refractivity contribution in [3.05, 3.63) is 0 Å². The third-order valence-electron chi connectivity index (χ3n) is 3.12. The molecule has 0 aliphatic heterocycles. The van der Waals surface area contributed by atoms with Crippen molar-refractivity contribution in [1.29, 1.82) is 0 Å². The normalized spacial score (nSPS) is 15.4. The van der Waals surface area contributed by atoms with Crippen molar-refractivity contribution in [1.82, 2.24) is 0 Å². The maximum atomic E-state index is 3.01. The molecule has 0 fully saturated rings. The van der Waals surface area contributed by atoms with E-state index in [4.69, 9.17) is 0 Å². The zero-order valence-corrected chi connectivity index (χ0v) is 10.2. The van der Waals surface area contributed by atoms with E-state index in [2.05, 4.69) is 68.5 Å². The second kappa shape index (κ2) is 3.06. The number of hydrogen-bond donors (Lipinski definition) is 0. The molecule has 0 aliphatic rings. The van der Waals surface area contributed by atoms with Gasteiger partial charge in [-0.2, -0.15) is 0 Å². The molecule has 0 rings (SSSR count). The Morgan fingerprint density at radius 2 is 1.00 bits per heavy atom. The van der Waals surface area contributed by atoms with Crippen molar-refractivity contribution in [2.24, 2.45) is 10.8 Å². The van der Waals surface area contributed by atoms with E-state index < -0.39 is 0 Å². The van der Waals surface area contributed by atoms with Crippen LogP contribution in [0.15, 0.2) is 0 Å². The van der Waals surface area contributed by atoms with Gasteiger partial charge in [0.2, 0.25) is 0 Å². The van der Waals surface area contributed by atoms with E-state index in [-0.39, 0.29) is 0 Å². The quantitative estimate of drug-likeness (QED) is 0.383. The van der Waals surface area contributed by atoms with E-state index in [9.17, 15) is 0 Å². The Kier molecular flexibility index (Phi) is 3.35. The van der Waals surface area contributed by atoms with Crippen LogP contribution in [0.25, 0.3) is 0 Å². The molecule has 0 nitrogen and oxygen atoms in total. The maximum absolute atomic E-state index is 3.01. The third-order valence-corrected chi connectivity index (χ3v) is 4.85. The Balaban J connectivity index is 4.75. The topological polar surface area (TPSA) is 0 Å². The van der Waals surface area contributed by atoms with Crippen LogP contribution in [0, 0.1) is 10.8 Å². The van der Waals surface area contributed by atoms with Crippen molar-refractivity contribution < 1.29 is 0 Å². The first-order valence-corrected chi connectivity index (χ1v) is 4.87. The van der Waals surface area contributed by atoms with Crippen molar-refractivity contribution in [2.75, 3.05) is 0 Å². The first kappa shape index (κ1) is 12.0. The van der Waals surface area contributed by atoms with Crippen LogP contribution in [0.4, 0.5) is 0 Å². The average molecular weight is 166 g/mol. The molecule has 1 unspecified atom stereocenters. The fourth-order valence-electron chi connectivity index (χ4n) is 1.12. The molecule has 0 aromatic carbocycles. The van der Waals surface area contributed by atoms with Gasteiger partial charge in [-0.15, -0.1) is 0 Å². The van der Waals surface area contributed by atoms with E-state index in [1.54, 1.807) is 0 Å². The average Bonchev–Trinajstić information content (AvgIpc) is 1.58. The summed E-state index contributed by atoms with van der Waals surface area (Å²) in [5.74, 6) is 0. The van der Waals surface area contributed by atoms with Crippen molar-refractivity contribution in [2.45, 2.75) is 45.4 Å². The standard InChI is InChI=1S/C9H20P.Li/c1-8(2,3)7(10)9(4,5)6;/h10H2,1-6H3;. The van der Waals surface area contributed by atoms with Crippen molar-refractivity contribution in [3.63, 3.8) is 0 Å². The Morgan fingerprint density at radius 3 is 1.00 bits per heavy atom. The van der Waals surface area contributed by atoms with Crippen LogP contribution in [0.1, 0.15) is 41.5 Å². The van der Waals surface area contributed by atoms with Crippen LogP contribution in [0.2, 0.25) is 0 Å². The summed E-state index contributed by atoms with van der Waals surface area (Å²) in [5.41, 5.74) is 0.686. The molecule has 11 heavy (non-hydrogen) atoms. The summed E-state index contributed by atoms with van der Waals surface area (Å²) in [6, 6.07) is 0. The summed E-state index contributed by atoms with van der Waals surface area (Å²) >= 11 is 2.32. The van der Waals surface area contributed by atoms with E-state index in [0.717, 1.165) is 0 Å². The van der Waals surface area contributed by atoms with Crippen LogP contribution >= 0.6 is 9.24 Å². The second-order valence-electron chi connectivity index (χ2n) is 5.70. The van der Waals surface area contributed by atoms with Crippen LogP contribution in [0.5, 0.6) is 0 Å². The minimum atomic E-state index is 0.292. The van der Waals surface area contributed by atoms with Crippen LogP contribution in [-0.4, -0.2) is 21.5 Å². The third kappa shape index (κ3) is 2.48. The summed E-state index contributed by atoms with van der Waals surface area (Å²) in [6.45, 7) is 13.8. The van der Waals surface area contributed by atoms with Crippen molar-refractivity contribution in [3.8, 4) is 0 Å². The van der Waals surface area contributed by atoms with Crippen LogP contribution < -0.4 is 0 Å². The first-order valence-electron chi connectivity index (χ1n) is 4.29. The van der Waals surface area contributed by atoms with Gasteiger partial charge in [0.1, 0.15) is 0 Å². The Morgan fingerprint density at radius 1 is 0.818 bits per heavy atom. The molecule has 0 bridgehead atoms. The molecular weight excluding hydrogens is 146 g/mol. The molecule has 0 saturated carbocycles. The number of rotatable bonds is 0. The summed E-state index contributed by atoms with van der Waals surface area (Å²) in [6.07, 6.45) is 0.